The van der Waals surface area contributed by atoms with Gasteiger partial charge in [0.25, 0.3) is 0 Å². The minimum absolute atomic E-state index is 0.0318. The lowest BCUT2D eigenvalue weighted by Gasteiger charge is -2.18. The number of aromatic nitrogens is 3. The summed E-state index contributed by atoms with van der Waals surface area (Å²) in [4.78, 5) is 22.2. The number of carbonyl (C=O) groups is 1. The summed E-state index contributed by atoms with van der Waals surface area (Å²) in [6.07, 6.45) is 3.06. The monoisotopic (exact) mass is 408 g/mol. The summed E-state index contributed by atoms with van der Waals surface area (Å²) in [6.45, 7) is 10.5. The Bertz CT molecular complexity index is 1030. The standard InChI is InChI=1S/C24H32N4O2/c1-7-8-9-21-26-20-14-19(27-23(29)24(3,4)5)16(2)25-22(20)28(21)15-17-10-12-18(30-6)13-11-17/h10-14H,7-9,15H2,1-6H3,(H,27,29). The molecule has 3 rings (SSSR count). The molecular formula is C24H32N4O2. The lowest BCUT2D eigenvalue weighted by atomic mass is 9.95. The number of anilines is 1. The number of aryl methyl sites for hydroxylation is 2. The van der Waals surface area contributed by atoms with Crippen LogP contribution in [0.5, 0.6) is 5.75 Å². The summed E-state index contributed by atoms with van der Waals surface area (Å²) in [6, 6.07) is 10.0. The Morgan fingerprint density at radius 1 is 1.17 bits per heavy atom. The number of carbonyl (C=O) groups excluding carboxylic acids is 1. The number of unbranched alkanes of at least 4 members (excludes halogenated alkanes) is 1. The second-order valence-electron chi connectivity index (χ2n) is 8.73. The van der Waals surface area contributed by atoms with Crippen molar-refractivity contribution in [3.8, 4) is 5.75 Å². The number of pyridine rings is 1. The molecule has 0 aliphatic heterocycles. The first kappa shape index (κ1) is 21.8. The van der Waals surface area contributed by atoms with Crippen molar-refractivity contribution in [2.45, 2.75) is 60.4 Å². The van der Waals surface area contributed by atoms with Crippen LogP contribution in [0, 0.1) is 12.3 Å². The largest absolute Gasteiger partial charge is 0.497 e. The molecule has 3 aromatic rings. The van der Waals surface area contributed by atoms with E-state index in [1.54, 1.807) is 7.11 Å². The van der Waals surface area contributed by atoms with Crippen molar-refractivity contribution in [2.75, 3.05) is 12.4 Å². The van der Waals surface area contributed by atoms with Gasteiger partial charge in [0.05, 0.1) is 25.0 Å². The van der Waals surface area contributed by atoms with Gasteiger partial charge >= 0.3 is 0 Å². The maximum Gasteiger partial charge on any atom is 0.229 e. The van der Waals surface area contributed by atoms with E-state index < -0.39 is 5.41 Å². The Hall–Kier alpha value is -2.89. The van der Waals surface area contributed by atoms with Gasteiger partial charge in [-0.15, -0.1) is 0 Å². The highest BCUT2D eigenvalue weighted by Gasteiger charge is 2.23. The molecule has 2 aromatic heterocycles. The quantitative estimate of drug-likeness (QED) is 0.589. The van der Waals surface area contributed by atoms with Crippen molar-refractivity contribution >= 4 is 22.8 Å². The smallest absolute Gasteiger partial charge is 0.229 e. The van der Waals surface area contributed by atoms with Crippen LogP contribution in [0.3, 0.4) is 0 Å². The molecule has 0 radical (unpaired) electrons. The highest BCUT2D eigenvalue weighted by Crippen LogP contribution is 2.25. The van der Waals surface area contributed by atoms with Gasteiger partial charge in [0.2, 0.25) is 5.91 Å². The topological polar surface area (TPSA) is 69.0 Å². The SMILES string of the molecule is CCCCc1nc2cc(NC(=O)C(C)(C)C)c(C)nc2n1Cc1ccc(OC)cc1. The predicted octanol–water partition coefficient (Wildman–Crippen LogP) is 5.12. The summed E-state index contributed by atoms with van der Waals surface area (Å²) in [5.41, 5.74) is 3.86. The molecule has 1 amide bonds. The number of hydrogen-bond acceptors (Lipinski definition) is 4. The number of imidazole rings is 1. The molecule has 0 fully saturated rings. The van der Waals surface area contributed by atoms with Crippen molar-refractivity contribution in [3.63, 3.8) is 0 Å². The van der Waals surface area contributed by atoms with E-state index in [0.717, 1.165) is 58.9 Å². The molecule has 0 bridgehead atoms. The summed E-state index contributed by atoms with van der Waals surface area (Å²) < 4.78 is 7.46. The fraction of sp³-hybridized carbons (Fsp3) is 0.458. The summed E-state index contributed by atoms with van der Waals surface area (Å²) in [5.74, 6) is 1.83. The van der Waals surface area contributed by atoms with Gasteiger partial charge in [0.15, 0.2) is 5.65 Å². The number of amides is 1. The van der Waals surface area contributed by atoms with E-state index in [4.69, 9.17) is 14.7 Å². The zero-order valence-corrected chi connectivity index (χ0v) is 18.9. The van der Waals surface area contributed by atoms with E-state index in [-0.39, 0.29) is 5.91 Å². The molecule has 6 nitrogen and oxygen atoms in total. The zero-order valence-electron chi connectivity index (χ0n) is 18.9. The van der Waals surface area contributed by atoms with E-state index in [1.165, 1.54) is 0 Å². The molecule has 2 heterocycles. The van der Waals surface area contributed by atoms with Gasteiger partial charge < -0.3 is 14.6 Å². The average molecular weight is 409 g/mol. The molecule has 0 aliphatic rings. The third kappa shape index (κ3) is 4.81. The van der Waals surface area contributed by atoms with Crippen LogP contribution in [0.2, 0.25) is 0 Å². The minimum atomic E-state index is -0.471. The number of hydrogen-bond donors (Lipinski definition) is 1. The zero-order chi connectivity index (χ0) is 21.9. The number of nitrogens with one attached hydrogen (secondary N) is 1. The molecule has 0 aliphatic carbocycles. The maximum atomic E-state index is 12.5. The van der Waals surface area contributed by atoms with Crippen LogP contribution >= 0.6 is 0 Å². The Kier molecular flexibility index (Phi) is 6.44. The maximum absolute atomic E-state index is 12.5. The number of benzene rings is 1. The molecule has 0 saturated carbocycles. The van der Waals surface area contributed by atoms with Gasteiger partial charge in [-0.05, 0) is 37.1 Å². The molecular weight excluding hydrogens is 376 g/mol. The highest BCUT2D eigenvalue weighted by atomic mass is 16.5. The van der Waals surface area contributed by atoms with E-state index >= 15 is 0 Å². The molecule has 30 heavy (non-hydrogen) atoms. The van der Waals surface area contributed by atoms with Crippen molar-refractivity contribution in [1.29, 1.82) is 0 Å². The van der Waals surface area contributed by atoms with E-state index in [9.17, 15) is 4.79 Å². The first-order valence-corrected chi connectivity index (χ1v) is 10.5. The normalized spacial score (nSPS) is 11.7. The molecule has 6 heteroatoms. The van der Waals surface area contributed by atoms with Crippen LogP contribution in [0.25, 0.3) is 11.2 Å². The predicted molar refractivity (Wildman–Crippen MR) is 121 cm³/mol. The molecule has 0 spiro atoms. The second kappa shape index (κ2) is 8.86. The van der Waals surface area contributed by atoms with Crippen molar-refractivity contribution < 1.29 is 9.53 Å². The van der Waals surface area contributed by atoms with E-state index in [1.807, 2.05) is 45.9 Å². The Balaban J connectivity index is 2.01. The van der Waals surface area contributed by atoms with Crippen LogP contribution in [-0.4, -0.2) is 27.6 Å². The summed E-state index contributed by atoms with van der Waals surface area (Å²) in [5, 5.41) is 3.01. The van der Waals surface area contributed by atoms with Crippen LogP contribution in [0.4, 0.5) is 5.69 Å². The van der Waals surface area contributed by atoms with Crippen molar-refractivity contribution in [1.82, 2.24) is 14.5 Å². The van der Waals surface area contributed by atoms with Gasteiger partial charge in [0.1, 0.15) is 17.1 Å². The van der Waals surface area contributed by atoms with Gasteiger partial charge in [-0.1, -0.05) is 46.2 Å². The van der Waals surface area contributed by atoms with Gasteiger partial charge in [0, 0.05) is 11.8 Å². The summed E-state index contributed by atoms with van der Waals surface area (Å²) >= 11 is 0. The van der Waals surface area contributed by atoms with Crippen LogP contribution in [0.15, 0.2) is 30.3 Å². The Morgan fingerprint density at radius 3 is 2.47 bits per heavy atom. The average Bonchev–Trinajstić information content (AvgIpc) is 3.02. The number of fused-ring (bicyclic) bond motifs is 1. The summed E-state index contributed by atoms with van der Waals surface area (Å²) in [7, 11) is 1.67. The molecule has 0 atom stereocenters. The van der Waals surface area contributed by atoms with Crippen molar-refractivity contribution in [3.05, 3.63) is 47.4 Å². The first-order valence-electron chi connectivity index (χ1n) is 10.5. The fourth-order valence-corrected chi connectivity index (χ4v) is 3.23. The molecule has 0 saturated heterocycles. The lowest BCUT2D eigenvalue weighted by molar-refractivity contribution is -0.123. The number of methoxy groups -OCH3 is 1. The van der Waals surface area contributed by atoms with Gasteiger partial charge in [-0.2, -0.15) is 0 Å². The number of ether oxygens (including phenoxy) is 1. The molecule has 1 aromatic carbocycles. The van der Waals surface area contributed by atoms with E-state index in [2.05, 4.69) is 28.9 Å². The molecule has 0 unspecified atom stereocenters. The highest BCUT2D eigenvalue weighted by molar-refractivity contribution is 5.96. The molecule has 1 N–H and O–H groups in total. The third-order valence-corrected chi connectivity index (χ3v) is 5.17. The Labute approximate surface area is 178 Å². The second-order valence-corrected chi connectivity index (χ2v) is 8.73. The fourth-order valence-electron chi connectivity index (χ4n) is 3.23. The lowest BCUT2D eigenvalue weighted by Crippen LogP contribution is -2.28. The number of rotatable bonds is 7. The van der Waals surface area contributed by atoms with Crippen LogP contribution < -0.4 is 10.1 Å². The minimum Gasteiger partial charge on any atom is -0.497 e. The Morgan fingerprint density at radius 2 is 1.87 bits per heavy atom. The first-order chi connectivity index (χ1) is 14.2. The van der Waals surface area contributed by atoms with Crippen LogP contribution in [0.1, 0.15) is 57.6 Å². The molecule has 160 valence electrons. The van der Waals surface area contributed by atoms with Crippen LogP contribution in [-0.2, 0) is 17.8 Å². The van der Waals surface area contributed by atoms with E-state index in [0.29, 0.717) is 6.54 Å². The van der Waals surface area contributed by atoms with Crippen molar-refractivity contribution in [2.24, 2.45) is 5.41 Å². The van der Waals surface area contributed by atoms with Gasteiger partial charge in [-0.3, -0.25) is 4.79 Å². The number of nitrogens with zero attached hydrogens (tertiary/aromatic N) is 3. The van der Waals surface area contributed by atoms with Gasteiger partial charge in [-0.25, -0.2) is 9.97 Å². The third-order valence-electron chi connectivity index (χ3n) is 5.17.